The minimum absolute atomic E-state index is 0.124. The zero-order valence-electron chi connectivity index (χ0n) is 11.4. The third kappa shape index (κ3) is 3.30. The van der Waals surface area contributed by atoms with Gasteiger partial charge in [-0.25, -0.2) is 0 Å². The zero-order chi connectivity index (χ0) is 12.9. The standard InChI is InChI=1S/C15H24O2/c1-5-7-13-8-6-9-14(10-13)15(16,11-17-4)12(2)3/h6,8-10,12,16H,5,7,11H2,1-4H3. The number of aliphatic hydroxyl groups is 1. The van der Waals surface area contributed by atoms with Crippen molar-refractivity contribution in [2.45, 2.75) is 39.2 Å². The van der Waals surface area contributed by atoms with Crippen LogP contribution in [0.15, 0.2) is 24.3 Å². The third-order valence-electron chi connectivity index (χ3n) is 3.29. The first kappa shape index (κ1) is 14.2. The highest BCUT2D eigenvalue weighted by molar-refractivity contribution is 5.29. The van der Waals surface area contributed by atoms with E-state index in [0.29, 0.717) is 6.61 Å². The highest BCUT2D eigenvalue weighted by Crippen LogP contribution is 2.30. The van der Waals surface area contributed by atoms with Crippen LogP contribution in [0.1, 0.15) is 38.3 Å². The largest absolute Gasteiger partial charge is 0.382 e. The summed E-state index contributed by atoms with van der Waals surface area (Å²) >= 11 is 0. The Hall–Kier alpha value is -0.860. The quantitative estimate of drug-likeness (QED) is 0.822. The summed E-state index contributed by atoms with van der Waals surface area (Å²) in [6, 6.07) is 8.21. The number of hydrogen-bond acceptors (Lipinski definition) is 2. The van der Waals surface area contributed by atoms with Crippen LogP contribution in [-0.4, -0.2) is 18.8 Å². The fourth-order valence-electron chi connectivity index (χ4n) is 2.09. The summed E-state index contributed by atoms with van der Waals surface area (Å²) in [5.41, 5.74) is 1.35. The van der Waals surface area contributed by atoms with Gasteiger partial charge in [0.05, 0.1) is 6.61 Å². The lowest BCUT2D eigenvalue weighted by molar-refractivity contribution is -0.0700. The minimum atomic E-state index is -0.890. The summed E-state index contributed by atoms with van der Waals surface area (Å²) in [4.78, 5) is 0. The first-order chi connectivity index (χ1) is 8.04. The molecule has 0 saturated carbocycles. The lowest BCUT2D eigenvalue weighted by Crippen LogP contribution is -2.37. The minimum Gasteiger partial charge on any atom is -0.382 e. The van der Waals surface area contributed by atoms with Crippen molar-refractivity contribution in [1.29, 1.82) is 0 Å². The fourth-order valence-corrected chi connectivity index (χ4v) is 2.09. The molecule has 0 radical (unpaired) electrons. The molecule has 2 heteroatoms. The van der Waals surface area contributed by atoms with Gasteiger partial charge in [-0.05, 0) is 23.5 Å². The van der Waals surface area contributed by atoms with E-state index in [0.717, 1.165) is 18.4 Å². The van der Waals surface area contributed by atoms with E-state index in [1.54, 1.807) is 7.11 Å². The maximum Gasteiger partial charge on any atom is 0.115 e. The van der Waals surface area contributed by atoms with E-state index >= 15 is 0 Å². The van der Waals surface area contributed by atoms with Crippen LogP contribution in [0.5, 0.6) is 0 Å². The topological polar surface area (TPSA) is 29.5 Å². The Morgan fingerprint density at radius 2 is 2.06 bits per heavy atom. The predicted molar refractivity (Wildman–Crippen MR) is 71.0 cm³/mol. The average Bonchev–Trinajstić information content (AvgIpc) is 2.30. The van der Waals surface area contributed by atoms with Crippen LogP contribution in [0.2, 0.25) is 0 Å². The SMILES string of the molecule is CCCc1cccc(C(O)(COC)C(C)C)c1. The van der Waals surface area contributed by atoms with Crippen LogP contribution in [0.25, 0.3) is 0 Å². The Morgan fingerprint density at radius 1 is 1.35 bits per heavy atom. The Morgan fingerprint density at radius 3 is 2.59 bits per heavy atom. The van der Waals surface area contributed by atoms with Crippen LogP contribution >= 0.6 is 0 Å². The third-order valence-corrected chi connectivity index (χ3v) is 3.29. The predicted octanol–water partition coefficient (Wildman–Crippen LogP) is 3.13. The molecule has 17 heavy (non-hydrogen) atoms. The maximum absolute atomic E-state index is 10.7. The van der Waals surface area contributed by atoms with E-state index in [1.807, 2.05) is 26.0 Å². The van der Waals surface area contributed by atoms with Gasteiger partial charge in [0.25, 0.3) is 0 Å². The molecule has 1 aromatic carbocycles. The monoisotopic (exact) mass is 236 g/mol. The number of aryl methyl sites for hydroxylation is 1. The number of hydrogen-bond donors (Lipinski definition) is 1. The van der Waals surface area contributed by atoms with Crippen molar-refractivity contribution in [3.63, 3.8) is 0 Å². The molecule has 1 N–H and O–H groups in total. The van der Waals surface area contributed by atoms with Crippen molar-refractivity contribution in [3.8, 4) is 0 Å². The first-order valence-electron chi connectivity index (χ1n) is 6.35. The van der Waals surface area contributed by atoms with Crippen LogP contribution in [0.4, 0.5) is 0 Å². The molecule has 0 aliphatic carbocycles. The number of ether oxygens (including phenoxy) is 1. The number of benzene rings is 1. The van der Waals surface area contributed by atoms with Gasteiger partial charge >= 0.3 is 0 Å². The second-order valence-corrected chi connectivity index (χ2v) is 4.96. The summed E-state index contributed by atoms with van der Waals surface area (Å²) in [5, 5.41) is 10.7. The highest BCUT2D eigenvalue weighted by Gasteiger charge is 2.33. The van der Waals surface area contributed by atoms with Crippen LogP contribution < -0.4 is 0 Å². The molecule has 0 heterocycles. The normalized spacial score (nSPS) is 14.9. The van der Waals surface area contributed by atoms with Crippen molar-refractivity contribution < 1.29 is 9.84 Å². The molecule has 0 saturated heterocycles. The van der Waals surface area contributed by atoms with E-state index in [4.69, 9.17) is 4.74 Å². The van der Waals surface area contributed by atoms with Crippen molar-refractivity contribution in [2.24, 2.45) is 5.92 Å². The Balaban J connectivity index is 3.05. The highest BCUT2D eigenvalue weighted by atomic mass is 16.5. The van der Waals surface area contributed by atoms with Crippen LogP contribution in [-0.2, 0) is 16.8 Å². The van der Waals surface area contributed by atoms with Gasteiger partial charge in [0.2, 0.25) is 0 Å². The van der Waals surface area contributed by atoms with Gasteiger partial charge in [-0.1, -0.05) is 51.5 Å². The molecule has 0 spiro atoms. The van der Waals surface area contributed by atoms with Gasteiger partial charge < -0.3 is 9.84 Å². The first-order valence-corrected chi connectivity index (χ1v) is 6.35. The molecule has 1 rings (SSSR count). The van der Waals surface area contributed by atoms with Crippen molar-refractivity contribution in [2.75, 3.05) is 13.7 Å². The average molecular weight is 236 g/mol. The van der Waals surface area contributed by atoms with Crippen molar-refractivity contribution >= 4 is 0 Å². The van der Waals surface area contributed by atoms with E-state index in [9.17, 15) is 5.11 Å². The van der Waals surface area contributed by atoms with E-state index < -0.39 is 5.60 Å². The summed E-state index contributed by atoms with van der Waals surface area (Å²) < 4.78 is 5.17. The van der Waals surface area contributed by atoms with Crippen LogP contribution in [0, 0.1) is 5.92 Å². The molecule has 0 aromatic heterocycles. The molecule has 96 valence electrons. The van der Waals surface area contributed by atoms with Gasteiger partial charge in [-0.15, -0.1) is 0 Å². The maximum atomic E-state index is 10.7. The van der Waals surface area contributed by atoms with Gasteiger partial charge in [0, 0.05) is 7.11 Å². The Bertz CT molecular complexity index is 347. The summed E-state index contributed by atoms with van der Waals surface area (Å²) in [6.07, 6.45) is 2.17. The molecule has 0 aliphatic heterocycles. The van der Waals surface area contributed by atoms with E-state index in [-0.39, 0.29) is 5.92 Å². The van der Waals surface area contributed by atoms with Crippen LogP contribution in [0.3, 0.4) is 0 Å². The molecule has 2 nitrogen and oxygen atoms in total. The number of methoxy groups -OCH3 is 1. The summed E-state index contributed by atoms with van der Waals surface area (Å²) in [7, 11) is 1.63. The van der Waals surface area contributed by atoms with E-state index in [2.05, 4.69) is 19.1 Å². The molecule has 0 fully saturated rings. The van der Waals surface area contributed by atoms with Gasteiger partial charge in [-0.2, -0.15) is 0 Å². The molecule has 0 aliphatic rings. The summed E-state index contributed by atoms with van der Waals surface area (Å²) in [6.45, 7) is 6.54. The molecular weight excluding hydrogens is 212 g/mol. The van der Waals surface area contributed by atoms with Crippen molar-refractivity contribution in [1.82, 2.24) is 0 Å². The van der Waals surface area contributed by atoms with Gasteiger partial charge in [0.15, 0.2) is 0 Å². The van der Waals surface area contributed by atoms with Gasteiger partial charge in [0.1, 0.15) is 5.60 Å². The molecular formula is C15H24O2. The zero-order valence-corrected chi connectivity index (χ0v) is 11.4. The molecule has 1 unspecified atom stereocenters. The Labute approximate surface area is 105 Å². The number of rotatable bonds is 6. The molecule has 0 bridgehead atoms. The smallest absolute Gasteiger partial charge is 0.115 e. The molecule has 1 atom stereocenters. The molecule has 1 aromatic rings. The summed E-state index contributed by atoms with van der Waals surface area (Å²) in [5.74, 6) is 0.124. The fraction of sp³-hybridized carbons (Fsp3) is 0.600. The Kier molecular flexibility index (Phi) is 5.16. The van der Waals surface area contributed by atoms with Gasteiger partial charge in [-0.3, -0.25) is 0 Å². The lowest BCUT2D eigenvalue weighted by Gasteiger charge is -2.32. The second kappa shape index (κ2) is 6.18. The lowest BCUT2D eigenvalue weighted by atomic mass is 9.83. The second-order valence-electron chi connectivity index (χ2n) is 4.96. The van der Waals surface area contributed by atoms with E-state index in [1.165, 1.54) is 5.56 Å². The molecule has 0 amide bonds. The van der Waals surface area contributed by atoms with Crippen molar-refractivity contribution in [3.05, 3.63) is 35.4 Å².